The lowest BCUT2D eigenvalue weighted by Crippen LogP contribution is -2.21. The van der Waals surface area contributed by atoms with Gasteiger partial charge in [-0.2, -0.15) is 0 Å². The zero-order valence-electron chi connectivity index (χ0n) is 16.0. The monoisotopic (exact) mass is 371 g/mol. The van der Waals surface area contributed by atoms with Gasteiger partial charge in [0.25, 0.3) is 5.56 Å². The summed E-state index contributed by atoms with van der Waals surface area (Å²) in [7, 11) is 0. The van der Waals surface area contributed by atoms with E-state index in [4.69, 9.17) is 0 Å². The number of unbranched alkanes of at least 4 members (excludes halogenated alkanes) is 3. The number of aromatic nitrogens is 3. The quantitative estimate of drug-likeness (QED) is 0.409. The van der Waals surface area contributed by atoms with Gasteiger partial charge in [0.1, 0.15) is 5.82 Å². The molecule has 0 radical (unpaired) electrons. The number of hydrogen-bond acceptors (Lipinski definition) is 2. The first-order valence-electron chi connectivity index (χ1n) is 9.99. The molecule has 142 valence electrons. The highest BCUT2D eigenvalue weighted by Crippen LogP contribution is 2.16. The van der Waals surface area contributed by atoms with E-state index in [0.717, 1.165) is 31.5 Å². The van der Waals surface area contributed by atoms with Crippen LogP contribution in [0, 0.1) is 0 Å². The molecule has 3 aromatic heterocycles. The van der Waals surface area contributed by atoms with E-state index in [1.165, 1.54) is 23.7 Å². The second kappa shape index (κ2) is 8.70. The number of hydrogen-bond donors (Lipinski definition) is 0. The fourth-order valence-electron chi connectivity index (χ4n) is 3.75. The first-order chi connectivity index (χ1) is 13.8. The molecule has 0 aliphatic rings. The summed E-state index contributed by atoms with van der Waals surface area (Å²) in [5.74, 6) is 0.697. The van der Waals surface area contributed by atoms with Crippen LogP contribution in [0.1, 0.15) is 31.4 Å². The van der Waals surface area contributed by atoms with Crippen molar-refractivity contribution in [3.8, 4) is 5.82 Å². The van der Waals surface area contributed by atoms with Crippen LogP contribution in [0.3, 0.4) is 0 Å². The number of rotatable bonds is 8. The van der Waals surface area contributed by atoms with Crippen LogP contribution in [0.4, 0.5) is 0 Å². The molecule has 0 aliphatic carbocycles. The van der Waals surface area contributed by atoms with Gasteiger partial charge >= 0.3 is 0 Å². The van der Waals surface area contributed by atoms with Crippen LogP contribution in [-0.2, 0) is 13.0 Å². The number of aryl methyl sites for hydroxylation is 2. The summed E-state index contributed by atoms with van der Waals surface area (Å²) in [5.41, 5.74) is 2.32. The molecule has 0 saturated heterocycles. The van der Waals surface area contributed by atoms with Crippen molar-refractivity contribution in [3.05, 3.63) is 95.2 Å². The van der Waals surface area contributed by atoms with Crippen LogP contribution in [-0.4, -0.2) is 14.1 Å². The van der Waals surface area contributed by atoms with Gasteiger partial charge in [0.05, 0.1) is 0 Å². The largest absolute Gasteiger partial charge is 0.347 e. The zero-order valence-corrected chi connectivity index (χ0v) is 16.0. The topological polar surface area (TPSA) is 39.8 Å². The molecule has 4 rings (SSSR count). The molecular formula is C24H25N3O. The predicted octanol–water partition coefficient (Wildman–Crippen LogP) is 4.99. The maximum atomic E-state index is 12.3. The van der Waals surface area contributed by atoms with Gasteiger partial charge in [-0.1, -0.05) is 43.2 Å². The molecular weight excluding hydrogens is 346 g/mol. The number of nitrogens with zero attached hydrogens (tertiary/aromatic N) is 3. The second-order valence-corrected chi connectivity index (χ2v) is 7.11. The molecule has 0 aliphatic heterocycles. The smallest absolute Gasteiger partial charge is 0.256 e. The fourth-order valence-corrected chi connectivity index (χ4v) is 3.75. The Morgan fingerprint density at radius 3 is 2.54 bits per heavy atom. The SMILES string of the molecule is O=c1cccc(CCCCCCn2ccc3ccccc32)n1-c1ccccn1. The molecule has 0 atom stereocenters. The van der Waals surface area contributed by atoms with Crippen molar-refractivity contribution in [2.24, 2.45) is 0 Å². The minimum absolute atomic E-state index is 0.0179. The van der Waals surface area contributed by atoms with Gasteiger partial charge < -0.3 is 4.57 Å². The molecule has 4 aromatic rings. The molecule has 0 spiro atoms. The van der Waals surface area contributed by atoms with Crippen LogP contribution in [0.25, 0.3) is 16.7 Å². The fraction of sp³-hybridized carbons (Fsp3) is 0.250. The van der Waals surface area contributed by atoms with Crippen molar-refractivity contribution in [1.29, 1.82) is 0 Å². The highest BCUT2D eigenvalue weighted by molar-refractivity contribution is 5.79. The molecule has 1 aromatic carbocycles. The summed E-state index contributed by atoms with van der Waals surface area (Å²) in [5, 5.41) is 1.30. The molecule has 4 heteroatoms. The van der Waals surface area contributed by atoms with Gasteiger partial charge in [0, 0.05) is 36.2 Å². The minimum Gasteiger partial charge on any atom is -0.347 e. The van der Waals surface area contributed by atoms with E-state index in [1.54, 1.807) is 16.8 Å². The van der Waals surface area contributed by atoms with Gasteiger partial charge in [-0.15, -0.1) is 0 Å². The highest BCUT2D eigenvalue weighted by atomic mass is 16.1. The molecule has 0 unspecified atom stereocenters. The average Bonchev–Trinajstić information content (AvgIpc) is 3.14. The van der Waals surface area contributed by atoms with Crippen molar-refractivity contribution in [3.63, 3.8) is 0 Å². The first kappa shape index (κ1) is 18.2. The van der Waals surface area contributed by atoms with E-state index in [1.807, 2.05) is 30.3 Å². The van der Waals surface area contributed by atoms with Crippen molar-refractivity contribution in [2.45, 2.75) is 38.6 Å². The average molecular weight is 371 g/mol. The van der Waals surface area contributed by atoms with Crippen LogP contribution in [0.15, 0.2) is 83.9 Å². The lowest BCUT2D eigenvalue weighted by atomic mass is 10.1. The summed E-state index contributed by atoms with van der Waals surface area (Å²) in [4.78, 5) is 16.7. The summed E-state index contributed by atoms with van der Waals surface area (Å²) in [6, 6.07) is 21.8. The molecule has 0 saturated carbocycles. The highest BCUT2D eigenvalue weighted by Gasteiger charge is 2.06. The van der Waals surface area contributed by atoms with E-state index < -0.39 is 0 Å². The van der Waals surface area contributed by atoms with Gasteiger partial charge in [-0.25, -0.2) is 4.98 Å². The summed E-state index contributed by atoms with van der Waals surface area (Å²) >= 11 is 0. The Morgan fingerprint density at radius 1 is 0.786 bits per heavy atom. The molecule has 4 nitrogen and oxygen atoms in total. The summed E-state index contributed by atoms with van der Waals surface area (Å²) in [6.07, 6.45) is 9.38. The van der Waals surface area contributed by atoms with Crippen LogP contribution < -0.4 is 5.56 Å². The predicted molar refractivity (Wildman–Crippen MR) is 114 cm³/mol. The normalized spacial score (nSPS) is 11.1. The Kier molecular flexibility index (Phi) is 5.66. The lowest BCUT2D eigenvalue weighted by Gasteiger charge is -2.11. The maximum absolute atomic E-state index is 12.3. The van der Waals surface area contributed by atoms with Gasteiger partial charge in [-0.3, -0.25) is 9.36 Å². The van der Waals surface area contributed by atoms with Crippen LogP contribution >= 0.6 is 0 Å². The van der Waals surface area contributed by atoms with Gasteiger partial charge in [0.15, 0.2) is 0 Å². The van der Waals surface area contributed by atoms with E-state index in [2.05, 4.69) is 46.1 Å². The number of para-hydroxylation sites is 1. The van der Waals surface area contributed by atoms with E-state index >= 15 is 0 Å². The number of fused-ring (bicyclic) bond motifs is 1. The van der Waals surface area contributed by atoms with Crippen molar-refractivity contribution in [2.75, 3.05) is 0 Å². The number of benzene rings is 1. The van der Waals surface area contributed by atoms with Crippen molar-refractivity contribution >= 4 is 10.9 Å². The first-order valence-corrected chi connectivity index (χ1v) is 9.99. The van der Waals surface area contributed by atoms with Crippen molar-refractivity contribution in [1.82, 2.24) is 14.1 Å². The Labute approximate surface area is 165 Å². The molecule has 0 amide bonds. The molecule has 28 heavy (non-hydrogen) atoms. The zero-order chi connectivity index (χ0) is 19.2. The van der Waals surface area contributed by atoms with Crippen molar-refractivity contribution < 1.29 is 0 Å². The van der Waals surface area contributed by atoms with E-state index in [0.29, 0.717) is 5.82 Å². The Hall–Kier alpha value is -3.14. The summed E-state index contributed by atoms with van der Waals surface area (Å²) in [6.45, 7) is 1.05. The second-order valence-electron chi connectivity index (χ2n) is 7.11. The van der Waals surface area contributed by atoms with Gasteiger partial charge in [-0.05, 0) is 55.0 Å². The Bertz CT molecular complexity index is 1100. The van der Waals surface area contributed by atoms with Crippen LogP contribution in [0.2, 0.25) is 0 Å². The molecule has 0 fully saturated rings. The van der Waals surface area contributed by atoms with E-state index in [9.17, 15) is 4.79 Å². The van der Waals surface area contributed by atoms with E-state index in [-0.39, 0.29) is 5.56 Å². The van der Waals surface area contributed by atoms with Crippen LogP contribution in [0.5, 0.6) is 0 Å². The molecule has 0 N–H and O–H groups in total. The lowest BCUT2D eigenvalue weighted by molar-refractivity contribution is 0.576. The third kappa shape index (κ3) is 4.06. The minimum atomic E-state index is -0.0179. The third-order valence-electron chi connectivity index (χ3n) is 5.18. The molecule has 3 heterocycles. The Morgan fingerprint density at radius 2 is 1.64 bits per heavy atom. The number of pyridine rings is 2. The third-order valence-corrected chi connectivity index (χ3v) is 5.18. The maximum Gasteiger partial charge on any atom is 0.256 e. The standard InChI is InChI=1S/C24H25N3O/c28-24-15-9-12-21(27(24)23-14-6-7-17-25-23)11-3-1-2-8-18-26-19-16-20-10-4-5-13-22(20)26/h4-7,9-10,12-17,19H,1-3,8,11,18H2. The Balaban J connectivity index is 1.30. The summed E-state index contributed by atoms with van der Waals surface area (Å²) < 4.78 is 4.07. The van der Waals surface area contributed by atoms with Gasteiger partial charge in [0.2, 0.25) is 0 Å². The molecule has 0 bridgehead atoms.